The van der Waals surface area contributed by atoms with Gasteiger partial charge in [-0.05, 0) is 61.0 Å². The number of benzene rings is 3. The zero-order chi connectivity index (χ0) is 21.6. The maximum atomic E-state index is 5.90. The number of aryl methyl sites for hydroxylation is 1. The first kappa shape index (κ1) is 20.6. The van der Waals surface area contributed by atoms with Gasteiger partial charge in [-0.25, -0.2) is 4.98 Å². The molecule has 0 bridgehead atoms. The summed E-state index contributed by atoms with van der Waals surface area (Å²) in [5.74, 6) is 3.92. The van der Waals surface area contributed by atoms with Crippen LogP contribution in [-0.4, -0.2) is 37.5 Å². The molecule has 1 heterocycles. The Labute approximate surface area is 182 Å². The summed E-state index contributed by atoms with van der Waals surface area (Å²) in [6.07, 6.45) is 0.840. The van der Waals surface area contributed by atoms with E-state index in [-0.39, 0.29) is 0 Å². The maximum Gasteiger partial charge on any atom is 0.161 e. The molecule has 0 radical (unpaired) electrons. The van der Waals surface area contributed by atoms with Gasteiger partial charge in [-0.3, -0.25) is 0 Å². The Morgan fingerprint density at radius 1 is 0.774 bits per heavy atom. The van der Waals surface area contributed by atoms with Crippen molar-refractivity contribution in [3.63, 3.8) is 0 Å². The zero-order valence-electron chi connectivity index (χ0n) is 18.0. The minimum atomic E-state index is 0.601. The molecule has 0 spiro atoms. The van der Waals surface area contributed by atoms with Gasteiger partial charge in [0.1, 0.15) is 17.3 Å². The van der Waals surface area contributed by atoms with Gasteiger partial charge in [0.25, 0.3) is 0 Å². The molecule has 0 atom stereocenters. The number of nitrogens with zero attached hydrogens (tertiary/aromatic N) is 2. The number of hydrogen-bond donors (Lipinski definition) is 0. The number of ether oxygens (including phenoxy) is 4. The second-order valence-electron chi connectivity index (χ2n) is 7.02. The molecule has 0 aliphatic heterocycles. The van der Waals surface area contributed by atoms with E-state index in [1.807, 2.05) is 60.7 Å². The van der Waals surface area contributed by atoms with E-state index in [1.165, 1.54) is 0 Å². The molecule has 0 aliphatic carbocycles. The summed E-state index contributed by atoms with van der Waals surface area (Å²) < 4.78 is 24.2. The van der Waals surface area contributed by atoms with E-state index >= 15 is 0 Å². The van der Waals surface area contributed by atoms with Crippen LogP contribution in [0.4, 0.5) is 0 Å². The molecule has 3 aromatic carbocycles. The standard InChI is InChI=1S/C25H26N2O4/c1-28-19-10-12-20(13-11-19)31-16-6-15-27-22-8-5-4-7-21(22)26-25(27)18-9-14-23(29-2)24(17-18)30-3/h4-5,7-14,17H,6,15-16H2,1-3H3. The summed E-state index contributed by atoms with van der Waals surface area (Å²) >= 11 is 0. The first-order valence-corrected chi connectivity index (χ1v) is 10.2. The lowest BCUT2D eigenvalue weighted by molar-refractivity contribution is 0.302. The van der Waals surface area contributed by atoms with Crippen LogP contribution in [0.25, 0.3) is 22.4 Å². The first-order valence-electron chi connectivity index (χ1n) is 10.2. The SMILES string of the molecule is COc1ccc(OCCCn2c(-c3ccc(OC)c(OC)c3)nc3ccccc32)cc1. The van der Waals surface area contributed by atoms with Crippen molar-refractivity contribution in [2.24, 2.45) is 0 Å². The molecule has 6 heteroatoms. The molecule has 0 saturated heterocycles. The number of imidazole rings is 1. The van der Waals surface area contributed by atoms with Gasteiger partial charge in [0.05, 0.1) is 39.0 Å². The van der Waals surface area contributed by atoms with Gasteiger partial charge >= 0.3 is 0 Å². The third kappa shape index (κ3) is 4.43. The molecule has 0 amide bonds. The van der Waals surface area contributed by atoms with Gasteiger partial charge in [0, 0.05) is 12.1 Å². The number of aromatic nitrogens is 2. The number of hydrogen-bond acceptors (Lipinski definition) is 5. The fraction of sp³-hybridized carbons (Fsp3) is 0.240. The fourth-order valence-electron chi connectivity index (χ4n) is 3.58. The molecule has 0 saturated carbocycles. The Hall–Kier alpha value is -3.67. The molecular weight excluding hydrogens is 392 g/mol. The Morgan fingerprint density at radius 3 is 2.26 bits per heavy atom. The van der Waals surface area contributed by atoms with Crippen molar-refractivity contribution in [1.82, 2.24) is 9.55 Å². The molecule has 0 aliphatic rings. The molecule has 0 unspecified atom stereocenters. The second-order valence-corrected chi connectivity index (χ2v) is 7.02. The minimum absolute atomic E-state index is 0.601. The Kier molecular flexibility index (Phi) is 6.26. The lowest BCUT2D eigenvalue weighted by Gasteiger charge is -2.13. The highest BCUT2D eigenvalue weighted by atomic mass is 16.5. The van der Waals surface area contributed by atoms with Gasteiger partial charge in [-0.2, -0.15) is 0 Å². The molecule has 0 fully saturated rings. The van der Waals surface area contributed by atoms with Crippen LogP contribution >= 0.6 is 0 Å². The highest BCUT2D eigenvalue weighted by Crippen LogP contribution is 2.33. The number of rotatable bonds is 9. The number of methoxy groups -OCH3 is 3. The van der Waals surface area contributed by atoms with Crippen molar-refractivity contribution < 1.29 is 18.9 Å². The Morgan fingerprint density at radius 2 is 1.52 bits per heavy atom. The van der Waals surface area contributed by atoms with Crippen molar-refractivity contribution in [2.45, 2.75) is 13.0 Å². The van der Waals surface area contributed by atoms with Crippen LogP contribution in [0, 0.1) is 0 Å². The van der Waals surface area contributed by atoms with Crippen LogP contribution in [0.5, 0.6) is 23.0 Å². The topological polar surface area (TPSA) is 54.7 Å². The normalized spacial score (nSPS) is 10.8. The monoisotopic (exact) mass is 418 g/mol. The van der Waals surface area contributed by atoms with E-state index in [0.717, 1.165) is 46.9 Å². The van der Waals surface area contributed by atoms with Gasteiger partial charge < -0.3 is 23.5 Å². The van der Waals surface area contributed by atoms with Crippen LogP contribution < -0.4 is 18.9 Å². The maximum absolute atomic E-state index is 5.90. The highest BCUT2D eigenvalue weighted by Gasteiger charge is 2.14. The van der Waals surface area contributed by atoms with E-state index in [1.54, 1.807) is 21.3 Å². The fourth-order valence-corrected chi connectivity index (χ4v) is 3.58. The molecular formula is C25H26N2O4. The molecule has 1 aromatic heterocycles. The van der Waals surface area contributed by atoms with E-state index in [9.17, 15) is 0 Å². The van der Waals surface area contributed by atoms with E-state index < -0.39 is 0 Å². The Balaban J connectivity index is 1.55. The Bertz CT molecular complexity index is 1150. The van der Waals surface area contributed by atoms with E-state index in [0.29, 0.717) is 18.1 Å². The first-order chi connectivity index (χ1) is 15.2. The predicted octanol–water partition coefficient (Wildman–Crippen LogP) is 5.20. The van der Waals surface area contributed by atoms with Crippen LogP contribution in [0.2, 0.25) is 0 Å². The van der Waals surface area contributed by atoms with Crippen LogP contribution in [-0.2, 0) is 6.54 Å². The summed E-state index contributed by atoms with van der Waals surface area (Å²) in [7, 11) is 4.93. The molecule has 0 N–H and O–H groups in total. The van der Waals surface area contributed by atoms with Gasteiger partial charge in [-0.15, -0.1) is 0 Å². The minimum Gasteiger partial charge on any atom is -0.497 e. The summed E-state index contributed by atoms with van der Waals surface area (Å²) in [5, 5.41) is 0. The smallest absolute Gasteiger partial charge is 0.161 e. The number of para-hydroxylation sites is 2. The summed E-state index contributed by atoms with van der Waals surface area (Å²) in [5.41, 5.74) is 3.03. The van der Waals surface area contributed by atoms with Crippen LogP contribution in [0.3, 0.4) is 0 Å². The molecule has 4 rings (SSSR count). The van der Waals surface area contributed by atoms with E-state index in [2.05, 4.69) is 10.6 Å². The zero-order valence-corrected chi connectivity index (χ0v) is 18.0. The number of fused-ring (bicyclic) bond motifs is 1. The van der Waals surface area contributed by atoms with Gasteiger partial charge in [-0.1, -0.05) is 12.1 Å². The van der Waals surface area contributed by atoms with Crippen molar-refractivity contribution in [1.29, 1.82) is 0 Å². The quantitative estimate of drug-likeness (QED) is 0.350. The van der Waals surface area contributed by atoms with Crippen LogP contribution in [0.15, 0.2) is 66.7 Å². The van der Waals surface area contributed by atoms with Crippen molar-refractivity contribution >= 4 is 11.0 Å². The van der Waals surface area contributed by atoms with Gasteiger partial charge in [0.15, 0.2) is 11.5 Å². The van der Waals surface area contributed by atoms with Crippen molar-refractivity contribution in [2.75, 3.05) is 27.9 Å². The molecule has 6 nitrogen and oxygen atoms in total. The molecule has 31 heavy (non-hydrogen) atoms. The molecule has 160 valence electrons. The van der Waals surface area contributed by atoms with Crippen molar-refractivity contribution in [3.8, 4) is 34.4 Å². The largest absolute Gasteiger partial charge is 0.497 e. The third-order valence-electron chi connectivity index (χ3n) is 5.15. The van der Waals surface area contributed by atoms with E-state index in [4.69, 9.17) is 23.9 Å². The summed E-state index contributed by atoms with van der Waals surface area (Å²) in [4.78, 5) is 4.88. The average Bonchev–Trinajstić information content (AvgIpc) is 3.20. The summed E-state index contributed by atoms with van der Waals surface area (Å²) in [6.45, 7) is 1.38. The van der Waals surface area contributed by atoms with Crippen LogP contribution in [0.1, 0.15) is 6.42 Å². The third-order valence-corrected chi connectivity index (χ3v) is 5.15. The van der Waals surface area contributed by atoms with Crippen molar-refractivity contribution in [3.05, 3.63) is 66.7 Å². The average molecular weight is 418 g/mol. The predicted molar refractivity (Wildman–Crippen MR) is 121 cm³/mol. The lowest BCUT2D eigenvalue weighted by Crippen LogP contribution is -2.06. The second kappa shape index (κ2) is 9.43. The lowest BCUT2D eigenvalue weighted by atomic mass is 10.2. The molecule has 4 aromatic rings. The highest BCUT2D eigenvalue weighted by molar-refractivity contribution is 5.81. The van der Waals surface area contributed by atoms with Gasteiger partial charge in [0.2, 0.25) is 0 Å². The summed E-state index contributed by atoms with van der Waals surface area (Å²) in [6, 6.07) is 21.7.